The van der Waals surface area contributed by atoms with E-state index >= 15 is 16.8 Å². The summed E-state index contributed by atoms with van der Waals surface area (Å²) in [6.45, 7) is -1.90. The molecule has 8 aromatic rings. The van der Waals surface area contributed by atoms with Gasteiger partial charge in [-0.15, -0.1) is 5.10 Å². The standard InChI is InChI=1S/C47H46N12O11S2/c1-68-35-11-5-30(6-12-35)27-57(28-31-7-13-36(69-2)14-8-31)72(66,67)43-41(71(64,65)54-34(24-51-46(60)61)25-52-47(62)63)18-17-38(33-19-21-48-39(23-33)40-26-50-45-49-20-4-22-58(40)45)42(43)44-53-55-56-59(44)29-32-9-15-37(70-3)16-10-32/h4-23,26,34,51-52,54H,24-25,27-29H2,1-3H3,(H,60,61)(H,62,63). The number of carboxylic acid groups (broad SMARTS) is 2. The number of hydrogen-bond donors (Lipinski definition) is 5. The summed E-state index contributed by atoms with van der Waals surface area (Å²) < 4.78 is 85.5. The molecule has 0 aliphatic heterocycles. The van der Waals surface area contributed by atoms with E-state index < -0.39 is 61.2 Å². The van der Waals surface area contributed by atoms with Crippen LogP contribution >= 0.6 is 0 Å². The molecule has 0 fully saturated rings. The molecular weight excluding hydrogens is 973 g/mol. The molecule has 0 atom stereocenters. The predicted molar refractivity (Wildman–Crippen MR) is 259 cm³/mol. The zero-order chi connectivity index (χ0) is 51.0. The molecule has 4 aromatic carbocycles. The monoisotopic (exact) mass is 1020 g/mol. The van der Waals surface area contributed by atoms with Crippen molar-refractivity contribution >= 4 is 38.0 Å². The third-order valence-corrected chi connectivity index (χ3v) is 14.8. The normalized spacial score (nSPS) is 11.7. The third kappa shape index (κ3) is 11.2. The van der Waals surface area contributed by atoms with Crippen molar-refractivity contribution in [1.29, 1.82) is 0 Å². The molecule has 372 valence electrons. The number of carbonyl (C=O) groups is 2. The maximum Gasteiger partial charge on any atom is 0.404 e. The maximum atomic E-state index is 16.3. The fourth-order valence-corrected chi connectivity index (χ4v) is 11.4. The highest BCUT2D eigenvalue weighted by Gasteiger charge is 2.39. The Bertz CT molecular complexity index is 3380. The van der Waals surface area contributed by atoms with E-state index in [1.165, 1.54) is 38.3 Å². The van der Waals surface area contributed by atoms with Crippen LogP contribution in [-0.4, -0.2) is 124 Å². The molecule has 0 unspecified atom stereocenters. The van der Waals surface area contributed by atoms with Crippen molar-refractivity contribution in [3.8, 4) is 51.2 Å². The van der Waals surface area contributed by atoms with Gasteiger partial charge >= 0.3 is 12.2 Å². The van der Waals surface area contributed by atoms with E-state index in [2.05, 4.69) is 45.8 Å². The lowest BCUT2D eigenvalue weighted by molar-refractivity contribution is 0.191. The number of ether oxygens (including phenoxy) is 3. The van der Waals surface area contributed by atoms with Gasteiger partial charge in [-0.2, -0.15) is 4.31 Å². The lowest BCUT2D eigenvalue weighted by atomic mass is 9.98. The molecule has 25 heteroatoms. The highest BCUT2D eigenvalue weighted by Crippen LogP contribution is 2.42. The molecule has 4 heterocycles. The Morgan fingerprint density at radius 1 is 0.722 bits per heavy atom. The smallest absolute Gasteiger partial charge is 0.404 e. The van der Waals surface area contributed by atoms with Crippen LogP contribution in [0.1, 0.15) is 16.7 Å². The predicted octanol–water partition coefficient (Wildman–Crippen LogP) is 4.76. The fraction of sp³-hybridized carbons (Fsp3) is 0.191. The van der Waals surface area contributed by atoms with Crippen molar-refractivity contribution in [3.05, 3.63) is 145 Å². The Hall–Kier alpha value is -8.52. The Labute approximate surface area is 412 Å². The van der Waals surface area contributed by atoms with Crippen LogP contribution < -0.4 is 29.6 Å². The van der Waals surface area contributed by atoms with Gasteiger partial charge in [0.15, 0.2) is 5.82 Å². The summed E-state index contributed by atoms with van der Waals surface area (Å²) in [7, 11) is -5.74. The van der Waals surface area contributed by atoms with E-state index in [0.717, 1.165) is 10.4 Å². The Morgan fingerprint density at radius 2 is 1.31 bits per heavy atom. The topological polar surface area (TPSA) is 297 Å². The first-order chi connectivity index (χ1) is 34.7. The second-order valence-electron chi connectivity index (χ2n) is 15.8. The molecule has 0 saturated heterocycles. The van der Waals surface area contributed by atoms with Crippen molar-refractivity contribution in [3.63, 3.8) is 0 Å². The number of pyridine rings is 1. The van der Waals surface area contributed by atoms with E-state index in [9.17, 15) is 19.8 Å². The minimum absolute atomic E-state index is 0.0396. The zero-order valence-corrected chi connectivity index (χ0v) is 40.3. The highest BCUT2D eigenvalue weighted by molar-refractivity contribution is 7.92. The summed E-state index contributed by atoms with van der Waals surface area (Å²) in [5, 5.41) is 35.8. The van der Waals surface area contributed by atoms with E-state index in [4.69, 9.17) is 14.2 Å². The number of rotatable bonds is 21. The van der Waals surface area contributed by atoms with Gasteiger partial charge in [0.2, 0.25) is 25.8 Å². The lowest BCUT2D eigenvalue weighted by Gasteiger charge is -2.27. The number of hydrogen-bond acceptors (Lipinski definition) is 15. The number of nitrogens with one attached hydrogen (secondary N) is 3. The van der Waals surface area contributed by atoms with Gasteiger partial charge in [-0.05, 0) is 98.9 Å². The summed E-state index contributed by atoms with van der Waals surface area (Å²) in [6.07, 6.45) is 3.36. The fourth-order valence-electron chi connectivity index (χ4n) is 7.73. The van der Waals surface area contributed by atoms with Gasteiger partial charge in [0.1, 0.15) is 27.0 Å². The molecular formula is C47H46N12O11S2. The third-order valence-electron chi connectivity index (χ3n) is 11.2. The van der Waals surface area contributed by atoms with Gasteiger partial charge in [-0.1, -0.05) is 42.5 Å². The van der Waals surface area contributed by atoms with Crippen LogP contribution in [0.4, 0.5) is 9.59 Å². The van der Waals surface area contributed by atoms with Crippen LogP contribution in [-0.2, 0) is 39.7 Å². The summed E-state index contributed by atoms with van der Waals surface area (Å²) in [6, 6.07) is 26.3. The molecule has 72 heavy (non-hydrogen) atoms. The minimum Gasteiger partial charge on any atom is -0.497 e. The van der Waals surface area contributed by atoms with Gasteiger partial charge in [0, 0.05) is 44.8 Å². The van der Waals surface area contributed by atoms with Crippen molar-refractivity contribution in [2.75, 3.05) is 34.4 Å². The number of sulfonamides is 2. The molecule has 23 nitrogen and oxygen atoms in total. The summed E-state index contributed by atoms with van der Waals surface area (Å²) in [5.74, 6) is 1.79. The van der Waals surface area contributed by atoms with Crippen LogP contribution in [0.15, 0.2) is 138 Å². The van der Waals surface area contributed by atoms with Crippen molar-refractivity contribution in [2.24, 2.45) is 0 Å². The van der Waals surface area contributed by atoms with Crippen molar-refractivity contribution in [2.45, 2.75) is 35.5 Å². The first-order valence-electron chi connectivity index (χ1n) is 21.7. The number of imidazole rings is 1. The zero-order valence-electron chi connectivity index (χ0n) is 38.6. The first-order valence-corrected chi connectivity index (χ1v) is 24.6. The van der Waals surface area contributed by atoms with Gasteiger partial charge in [0.05, 0.1) is 57.1 Å². The molecule has 5 N–H and O–H groups in total. The largest absolute Gasteiger partial charge is 0.497 e. The van der Waals surface area contributed by atoms with Crippen LogP contribution in [0.2, 0.25) is 0 Å². The number of methoxy groups -OCH3 is 3. The summed E-state index contributed by atoms with van der Waals surface area (Å²) >= 11 is 0. The van der Waals surface area contributed by atoms with Crippen LogP contribution in [0.3, 0.4) is 0 Å². The summed E-state index contributed by atoms with van der Waals surface area (Å²) in [4.78, 5) is 35.1. The average Bonchev–Trinajstić information content (AvgIpc) is 4.04. The van der Waals surface area contributed by atoms with E-state index in [-0.39, 0.29) is 36.6 Å². The lowest BCUT2D eigenvalue weighted by Crippen LogP contribution is -2.49. The molecule has 0 spiro atoms. The Balaban J connectivity index is 1.42. The van der Waals surface area contributed by atoms with Crippen LogP contribution in [0.25, 0.3) is 39.7 Å². The molecule has 4 aromatic heterocycles. The SMILES string of the molecule is COc1ccc(CN(Cc2ccc(OC)cc2)S(=O)(=O)c2c(S(=O)(=O)NC(CNC(=O)O)CNC(=O)O)ccc(-c3ccnc(-c4cnc5ncccn45)c3)c2-c2nnnn2Cc2ccc(OC)cc2)cc1. The molecule has 0 aliphatic rings. The summed E-state index contributed by atoms with van der Waals surface area (Å²) in [5.41, 5.74) is 2.84. The maximum absolute atomic E-state index is 16.3. The number of tetrazole rings is 1. The second-order valence-corrected chi connectivity index (χ2v) is 19.4. The van der Waals surface area contributed by atoms with Crippen molar-refractivity contribution < 1.29 is 50.8 Å². The highest BCUT2D eigenvalue weighted by atomic mass is 32.2. The number of amides is 2. The number of aromatic nitrogens is 8. The molecule has 8 rings (SSSR count). The molecule has 0 radical (unpaired) electrons. The van der Waals surface area contributed by atoms with E-state index in [1.54, 1.807) is 114 Å². The van der Waals surface area contributed by atoms with Gasteiger partial charge in [-0.3, -0.25) is 9.38 Å². The van der Waals surface area contributed by atoms with Crippen LogP contribution in [0, 0.1) is 0 Å². The molecule has 2 amide bonds. The van der Waals surface area contributed by atoms with E-state index in [1.807, 2.05) is 0 Å². The van der Waals surface area contributed by atoms with Gasteiger partial charge < -0.3 is 35.1 Å². The van der Waals surface area contributed by atoms with E-state index in [0.29, 0.717) is 56.7 Å². The first kappa shape index (κ1) is 49.9. The average molecular weight is 1020 g/mol. The Kier molecular flexibility index (Phi) is 15.0. The molecule has 0 aliphatic carbocycles. The minimum atomic E-state index is -5.13. The number of nitrogens with zero attached hydrogens (tertiary/aromatic N) is 9. The van der Waals surface area contributed by atoms with Crippen LogP contribution in [0.5, 0.6) is 17.2 Å². The number of fused-ring (bicyclic) bond motifs is 1. The van der Waals surface area contributed by atoms with Gasteiger partial charge in [0.25, 0.3) is 0 Å². The quantitative estimate of drug-likeness (QED) is 0.0648. The second kappa shape index (κ2) is 21.6. The van der Waals surface area contributed by atoms with Crippen molar-refractivity contribution in [1.82, 2.24) is 59.2 Å². The Morgan fingerprint density at radius 3 is 1.88 bits per heavy atom. The molecule has 0 saturated carbocycles. The van der Waals surface area contributed by atoms with Gasteiger partial charge in [-0.25, -0.2) is 45.8 Å². The molecule has 0 bridgehead atoms. The number of benzene rings is 4.